The van der Waals surface area contributed by atoms with E-state index < -0.39 is 5.82 Å². The molecule has 1 aliphatic rings. The van der Waals surface area contributed by atoms with Gasteiger partial charge in [-0.25, -0.2) is 4.39 Å². The second-order valence-electron chi connectivity index (χ2n) is 4.76. The number of hydrogen-bond acceptors (Lipinski definition) is 2. The predicted molar refractivity (Wildman–Crippen MR) is 70.0 cm³/mol. The van der Waals surface area contributed by atoms with Gasteiger partial charge in [0.15, 0.2) is 0 Å². The van der Waals surface area contributed by atoms with Gasteiger partial charge in [-0.15, -0.1) is 0 Å². The van der Waals surface area contributed by atoms with E-state index in [0.29, 0.717) is 5.69 Å². The first kappa shape index (κ1) is 13.5. The average molecular weight is 264 g/mol. The van der Waals surface area contributed by atoms with Crippen LogP contribution in [0.5, 0.6) is 0 Å². The highest BCUT2D eigenvalue weighted by Gasteiger charge is 2.22. The highest BCUT2D eigenvalue weighted by atomic mass is 19.1. The molecule has 0 saturated heterocycles. The summed E-state index contributed by atoms with van der Waals surface area (Å²) >= 11 is 0. The summed E-state index contributed by atoms with van der Waals surface area (Å²) in [5.74, 6) is -0.779. The lowest BCUT2D eigenvalue weighted by molar-refractivity contribution is -0.127. The summed E-state index contributed by atoms with van der Waals surface area (Å²) in [4.78, 5) is 23.3. The van der Waals surface area contributed by atoms with E-state index in [0.717, 1.165) is 25.7 Å². The van der Waals surface area contributed by atoms with Gasteiger partial charge in [-0.3, -0.25) is 9.59 Å². The Morgan fingerprint density at radius 3 is 2.68 bits per heavy atom. The molecule has 2 amide bonds. The molecule has 0 unspecified atom stereocenters. The SMILES string of the molecule is O=C(CNC(=O)C1CCCC1)Nc1cccc(F)c1. The van der Waals surface area contributed by atoms with E-state index in [1.165, 1.54) is 18.2 Å². The molecule has 1 saturated carbocycles. The molecule has 0 atom stereocenters. The van der Waals surface area contributed by atoms with Crippen LogP contribution >= 0.6 is 0 Å². The van der Waals surface area contributed by atoms with Gasteiger partial charge in [0.25, 0.3) is 0 Å². The van der Waals surface area contributed by atoms with Gasteiger partial charge >= 0.3 is 0 Å². The number of carbonyl (C=O) groups excluding carboxylic acids is 2. The Morgan fingerprint density at radius 2 is 2.00 bits per heavy atom. The van der Waals surface area contributed by atoms with Crippen LogP contribution in [0.15, 0.2) is 24.3 Å². The molecule has 0 bridgehead atoms. The molecule has 0 aliphatic heterocycles. The Kier molecular flexibility index (Phi) is 4.49. The Bertz CT molecular complexity index is 470. The molecule has 1 aromatic rings. The van der Waals surface area contributed by atoms with Crippen molar-refractivity contribution in [2.75, 3.05) is 11.9 Å². The van der Waals surface area contributed by atoms with Gasteiger partial charge in [0.2, 0.25) is 11.8 Å². The maximum atomic E-state index is 12.9. The first-order chi connectivity index (χ1) is 9.15. The third-order valence-electron chi connectivity index (χ3n) is 3.26. The van der Waals surface area contributed by atoms with E-state index >= 15 is 0 Å². The Labute approximate surface area is 111 Å². The number of anilines is 1. The molecule has 0 spiro atoms. The fourth-order valence-corrected chi connectivity index (χ4v) is 2.27. The molecule has 2 rings (SSSR count). The Morgan fingerprint density at radius 1 is 1.26 bits per heavy atom. The fourth-order valence-electron chi connectivity index (χ4n) is 2.27. The van der Waals surface area contributed by atoms with Gasteiger partial charge in [-0.05, 0) is 31.0 Å². The normalized spacial score (nSPS) is 15.2. The highest BCUT2D eigenvalue weighted by molar-refractivity contribution is 5.94. The van der Waals surface area contributed by atoms with Crippen molar-refractivity contribution in [2.45, 2.75) is 25.7 Å². The van der Waals surface area contributed by atoms with E-state index in [2.05, 4.69) is 10.6 Å². The summed E-state index contributed by atoms with van der Waals surface area (Å²) in [5.41, 5.74) is 0.389. The summed E-state index contributed by atoms with van der Waals surface area (Å²) in [6, 6.07) is 5.65. The van der Waals surface area contributed by atoms with E-state index in [4.69, 9.17) is 0 Å². The molecular formula is C14H17FN2O2. The molecule has 1 aromatic carbocycles. The molecule has 0 aromatic heterocycles. The van der Waals surface area contributed by atoms with Crippen molar-refractivity contribution >= 4 is 17.5 Å². The zero-order valence-electron chi connectivity index (χ0n) is 10.6. The molecule has 2 N–H and O–H groups in total. The van der Waals surface area contributed by atoms with Crippen LogP contribution in [-0.2, 0) is 9.59 Å². The molecule has 1 fully saturated rings. The Hall–Kier alpha value is -1.91. The number of carbonyl (C=O) groups is 2. The average Bonchev–Trinajstić information content (AvgIpc) is 2.90. The van der Waals surface area contributed by atoms with Crippen LogP contribution in [0.25, 0.3) is 0 Å². The van der Waals surface area contributed by atoms with Gasteiger partial charge in [0.05, 0.1) is 6.54 Å². The topological polar surface area (TPSA) is 58.2 Å². The maximum Gasteiger partial charge on any atom is 0.243 e. The third kappa shape index (κ3) is 4.05. The smallest absolute Gasteiger partial charge is 0.243 e. The maximum absolute atomic E-state index is 12.9. The number of amides is 2. The summed E-state index contributed by atoms with van der Waals surface area (Å²) in [7, 11) is 0. The third-order valence-corrected chi connectivity index (χ3v) is 3.26. The number of hydrogen-bond donors (Lipinski definition) is 2. The highest BCUT2D eigenvalue weighted by Crippen LogP contribution is 2.24. The van der Waals surface area contributed by atoms with E-state index in [1.54, 1.807) is 6.07 Å². The number of halogens is 1. The van der Waals surface area contributed by atoms with Crippen molar-refractivity contribution < 1.29 is 14.0 Å². The molecule has 1 aliphatic carbocycles. The number of benzene rings is 1. The quantitative estimate of drug-likeness (QED) is 0.874. The fraction of sp³-hybridized carbons (Fsp3) is 0.429. The van der Waals surface area contributed by atoms with Crippen molar-refractivity contribution in [1.82, 2.24) is 5.32 Å². The molecule has 102 valence electrons. The largest absolute Gasteiger partial charge is 0.347 e. The second kappa shape index (κ2) is 6.31. The van der Waals surface area contributed by atoms with Gasteiger partial charge in [0.1, 0.15) is 5.82 Å². The molecule has 0 radical (unpaired) electrons. The van der Waals surface area contributed by atoms with E-state index in [9.17, 15) is 14.0 Å². The molecule has 0 heterocycles. The first-order valence-corrected chi connectivity index (χ1v) is 6.48. The van der Waals surface area contributed by atoms with E-state index in [-0.39, 0.29) is 24.3 Å². The second-order valence-corrected chi connectivity index (χ2v) is 4.76. The minimum atomic E-state index is -0.409. The zero-order chi connectivity index (χ0) is 13.7. The molecular weight excluding hydrogens is 247 g/mol. The van der Waals surface area contributed by atoms with Crippen molar-refractivity contribution in [1.29, 1.82) is 0 Å². The lowest BCUT2D eigenvalue weighted by Crippen LogP contribution is -2.36. The number of nitrogens with one attached hydrogen (secondary N) is 2. The summed E-state index contributed by atoms with van der Waals surface area (Å²) in [6.07, 6.45) is 3.95. The van der Waals surface area contributed by atoms with Crippen LogP contribution < -0.4 is 10.6 Å². The van der Waals surface area contributed by atoms with Crippen molar-refractivity contribution in [3.63, 3.8) is 0 Å². The number of rotatable bonds is 4. The lowest BCUT2D eigenvalue weighted by Gasteiger charge is -2.10. The van der Waals surface area contributed by atoms with Crippen LogP contribution in [0.2, 0.25) is 0 Å². The van der Waals surface area contributed by atoms with E-state index in [1.807, 2.05) is 0 Å². The summed E-state index contributed by atoms with van der Waals surface area (Å²) in [6.45, 7) is -0.0775. The molecule has 19 heavy (non-hydrogen) atoms. The van der Waals surface area contributed by atoms with Crippen LogP contribution in [0.4, 0.5) is 10.1 Å². The van der Waals surface area contributed by atoms with Crippen LogP contribution in [-0.4, -0.2) is 18.4 Å². The van der Waals surface area contributed by atoms with Crippen molar-refractivity contribution in [3.8, 4) is 0 Å². The molecule has 4 nitrogen and oxygen atoms in total. The predicted octanol–water partition coefficient (Wildman–Crippen LogP) is 2.07. The van der Waals surface area contributed by atoms with Gasteiger partial charge in [0, 0.05) is 11.6 Å². The van der Waals surface area contributed by atoms with Gasteiger partial charge in [-0.2, -0.15) is 0 Å². The van der Waals surface area contributed by atoms with Crippen LogP contribution in [0, 0.1) is 11.7 Å². The minimum absolute atomic E-state index is 0.0435. The summed E-state index contributed by atoms with van der Waals surface area (Å²) < 4.78 is 12.9. The minimum Gasteiger partial charge on any atom is -0.347 e. The van der Waals surface area contributed by atoms with Crippen LogP contribution in [0.1, 0.15) is 25.7 Å². The summed E-state index contributed by atoms with van der Waals surface area (Å²) in [5, 5.41) is 5.15. The van der Waals surface area contributed by atoms with Crippen molar-refractivity contribution in [3.05, 3.63) is 30.1 Å². The monoisotopic (exact) mass is 264 g/mol. The van der Waals surface area contributed by atoms with Crippen molar-refractivity contribution in [2.24, 2.45) is 5.92 Å². The first-order valence-electron chi connectivity index (χ1n) is 6.48. The standard InChI is InChI=1S/C14H17FN2O2/c15-11-6-3-7-12(8-11)17-13(18)9-16-14(19)10-4-1-2-5-10/h3,6-8,10H,1-2,4-5,9H2,(H,16,19)(H,17,18). The van der Waals surface area contributed by atoms with Crippen LogP contribution in [0.3, 0.4) is 0 Å². The lowest BCUT2D eigenvalue weighted by atomic mass is 10.1. The molecule has 5 heteroatoms. The van der Waals surface area contributed by atoms with Gasteiger partial charge < -0.3 is 10.6 Å². The Balaban J connectivity index is 1.76. The van der Waals surface area contributed by atoms with Gasteiger partial charge in [-0.1, -0.05) is 18.9 Å². The zero-order valence-corrected chi connectivity index (χ0v) is 10.6.